The van der Waals surface area contributed by atoms with E-state index in [1.807, 2.05) is 31.2 Å². The molecule has 0 aliphatic rings. The average Bonchev–Trinajstić information content (AvgIpc) is 3.34. The van der Waals surface area contributed by atoms with Crippen molar-refractivity contribution in [3.05, 3.63) is 81.1 Å². The first-order valence-corrected chi connectivity index (χ1v) is 13.9. The fraction of sp³-hybridized carbons (Fsp3) is 0.345. The highest BCUT2D eigenvalue weighted by molar-refractivity contribution is 6.31. The number of aliphatic hydroxyl groups is 1. The predicted octanol–water partition coefficient (Wildman–Crippen LogP) is 2.96. The quantitative estimate of drug-likeness (QED) is 0.104. The van der Waals surface area contributed by atoms with Crippen molar-refractivity contribution < 1.29 is 9.50 Å². The second-order valence-corrected chi connectivity index (χ2v) is 10.6. The highest BCUT2D eigenvalue weighted by atomic mass is 35.5. The van der Waals surface area contributed by atoms with Gasteiger partial charge in [0.2, 0.25) is 0 Å². The minimum atomic E-state index is -0.534. The molecule has 4 rings (SSSR count). The van der Waals surface area contributed by atoms with Crippen molar-refractivity contribution in [2.75, 3.05) is 13.2 Å². The molecule has 9 N–H and O–H groups in total. The minimum Gasteiger partial charge on any atom is -0.395 e. The fourth-order valence-electron chi connectivity index (χ4n) is 4.58. The van der Waals surface area contributed by atoms with Crippen molar-refractivity contribution in [3.8, 4) is 16.9 Å². The van der Waals surface area contributed by atoms with Crippen molar-refractivity contribution in [1.82, 2.24) is 19.9 Å². The Bertz CT molecular complexity index is 1560. The average molecular weight is 583 g/mol. The number of fused-ring (bicyclic) bond motifs is 1. The summed E-state index contributed by atoms with van der Waals surface area (Å²) in [5.74, 6) is -0.515. The van der Waals surface area contributed by atoms with E-state index in [0.29, 0.717) is 47.5 Å². The minimum absolute atomic E-state index is 0.0191. The van der Waals surface area contributed by atoms with Gasteiger partial charge < -0.3 is 32.6 Å². The summed E-state index contributed by atoms with van der Waals surface area (Å²) in [4.78, 5) is 24.1. The van der Waals surface area contributed by atoms with Gasteiger partial charge in [0, 0.05) is 42.3 Å². The first kappa shape index (κ1) is 30.2. The van der Waals surface area contributed by atoms with E-state index >= 15 is 4.39 Å². The topological polar surface area (TPSA) is 173 Å². The number of aryl methyl sites for hydroxylation is 1. The van der Waals surface area contributed by atoms with E-state index < -0.39 is 11.5 Å². The zero-order valence-electron chi connectivity index (χ0n) is 22.9. The molecule has 2 atom stereocenters. The summed E-state index contributed by atoms with van der Waals surface area (Å²) in [5, 5.41) is 13.6. The molecule has 10 nitrogen and oxygen atoms in total. The first-order chi connectivity index (χ1) is 19.6. The Labute approximate surface area is 242 Å². The number of aromatic amines is 1. The van der Waals surface area contributed by atoms with Gasteiger partial charge in [0.1, 0.15) is 5.65 Å². The second-order valence-electron chi connectivity index (χ2n) is 10.2. The number of guanidine groups is 1. The van der Waals surface area contributed by atoms with Gasteiger partial charge in [-0.1, -0.05) is 23.7 Å². The van der Waals surface area contributed by atoms with Gasteiger partial charge >= 0.3 is 5.69 Å². The molecule has 0 spiro atoms. The summed E-state index contributed by atoms with van der Waals surface area (Å²) in [6.07, 6.45) is 4.70. The summed E-state index contributed by atoms with van der Waals surface area (Å²) in [6, 6.07) is 12.5. The smallest absolute Gasteiger partial charge is 0.354 e. The monoisotopic (exact) mass is 582 g/mol. The molecular formula is C29H36ClFN8O2. The van der Waals surface area contributed by atoms with Crippen molar-refractivity contribution >= 4 is 28.6 Å². The number of hydrogen-bond acceptors (Lipinski definition) is 6. The number of nitrogens with zero attached hydrogens (tertiary/aromatic N) is 3. The number of nitrogens with two attached hydrogens (primary N) is 3. The largest absolute Gasteiger partial charge is 0.395 e. The maximum absolute atomic E-state index is 15.0. The number of H-pyrrole nitrogens is 1. The fourth-order valence-corrected chi connectivity index (χ4v) is 4.82. The molecule has 0 radical (unpaired) electrons. The molecule has 0 amide bonds. The van der Waals surface area contributed by atoms with Crippen LogP contribution in [0, 0.1) is 5.82 Å². The standard InChI is InChI=1S/C29H36ClFN8O2/c1-17(32)3-2-4-19-11-23(26(31)24(30)12-19)25-13-20-15-39(29(41)38-27(20)37-25)22-7-5-18(6-8-22)14-36-21(16-40)9-10-35-28(33)34/h5-8,11-13,15,17,21,36,40H,2-4,9-10,14,16,32H2,1H3,(H4,33,34,35)(H,37,38,41)/t17-,21+/m0/s1. The van der Waals surface area contributed by atoms with Gasteiger partial charge in [-0.2, -0.15) is 4.98 Å². The van der Waals surface area contributed by atoms with Crippen LogP contribution in [-0.4, -0.2) is 50.8 Å². The molecule has 0 bridgehead atoms. The molecule has 0 fully saturated rings. The van der Waals surface area contributed by atoms with E-state index in [1.165, 1.54) is 4.57 Å². The molecule has 218 valence electrons. The Hall–Kier alpha value is -3.77. The van der Waals surface area contributed by atoms with Crippen LogP contribution < -0.4 is 28.2 Å². The van der Waals surface area contributed by atoms with E-state index in [4.69, 9.17) is 28.8 Å². The molecule has 2 aromatic carbocycles. The van der Waals surface area contributed by atoms with Gasteiger partial charge in [-0.05, 0) is 74.1 Å². The number of rotatable bonds is 13. The van der Waals surface area contributed by atoms with E-state index in [2.05, 4.69) is 20.3 Å². The van der Waals surface area contributed by atoms with E-state index in [0.717, 1.165) is 30.4 Å². The highest BCUT2D eigenvalue weighted by Crippen LogP contribution is 2.31. The molecule has 0 saturated heterocycles. The Balaban J connectivity index is 1.52. The second kappa shape index (κ2) is 13.7. The lowest BCUT2D eigenvalue weighted by Gasteiger charge is -2.15. The number of aliphatic imine (C=N–C) groups is 1. The molecule has 4 aromatic rings. The Morgan fingerprint density at radius 1 is 1.20 bits per heavy atom. The maximum atomic E-state index is 15.0. The summed E-state index contributed by atoms with van der Waals surface area (Å²) >= 11 is 6.22. The van der Waals surface area contributed by atoms with Crippen molar-refractivity contribution in [1.29, 1.82) is 0 Å². The van der Waals surface area contributed by atoms with Crippen LogP contribution in [0.3, 0.4) is 0 Å². The third kappa shape index (κ3) is 7.92. The van der Waals surface area contributed by atoms with E-state index in [-0.39, 0.29) is 29.7 Å². The Morgan fingerprint density at radius 3 is 2.63 bits per heavy atom. The number of aromatic nitrogens is 3. The van der Waals surface area contributed by atoms with Crippen LogP contribution in [0.5, 0.6) is 0 Å². The molecule has 0 unspecified atom stereocenters. The van der Waals surface area contributed by atoms with Gasteiger partial charge in [-0.25, -0.2) is 9.18 Å². The zero-order valence-corrected chi connectivity index (χ0v) is 23.7. The summed E-state index contributed by atoms with van der Waals surface area (Å²) in [6.45, 7) is 2.83. The van der Waals surface area contributed by atoms with E-state index in [1.54, 1.807) is 24.4 Å². The van der Waals surface area contributed by atoms with Crippen molar-refractivity contribution in [3.63, 3.8) is 0 Å². The molecule has 12 heteroatoms. The van der Waals surface area contributed by atoms with E-state index in [9.17, 15) is 9.90 Å². The molecule has 0 aliphatic carbocycles. The van der Waals surface area contributed by atoms with Crippen LogP contribution in [0.25, 0.3) is 28.0 Å². The van der Waals surface area contributed by atoms with Crippen LogP contribution in [-0.2, 0) is 13.0 Å². The first-order valence-electron chi connectivity index (χ1n) is 13.5. The number of nitrogens with one attached hydrogen (secondary N) is 2. The Morgan fingerprint density at radius 2 is 1.95 bits per heavy atom. The Kier molecular flexibility index (Phi) is 10.1. The zero-order chi connectivity index (χ0) is 29.5. The van der Waals surface area contributed by atoms with Crippen molar-refractivity contribution in [2.45, 2.75) is 51.2 Å². The van der Waals surface area contributed by atoms with Gasteiger partial charge in [0.15, 0.2) is 11.8 Å². The molecule has 0 aliphatic heterocycles. The number of benzene rings is 2. The van der Waals surface area contributed by atoms with Gasteiger partial charge in [-0.3, -0.25) is 9.56 Å². The summed E-state index contributed by atoms with van der Waals surface area (Å²) in [7, 11) is 0. The summed E-state index contributed by atoms with van der Waals surface area (Å²) < 4.78 is 16.5. The van der Waals surface area contributed by atoms with Gasteiger partial charge in [0.25, 0.3) is 0 Å². The van der Waals surface area contributed by atoms with Crippen LogP contribution in [0.4, 0.5) is 4.39 Å². The number of halogens is 2. The molecular weight excluding hydrogens is 547 g/mol. The highest BCUT2D eigenvalue weighted by Gasteiger charge is 2.16. The number of aliphatic hydroxyl groups excluding tert-OH is 1. The molecule has 0 saturated carbocycles. The molecule has 2 aromatic heterocycles. The predicted molar refractivity (Wildman–Crippen MR) is 162 cm³/mol. The van der Waals surface area contributed by atoms with Crippen LogP contribution in [0.2, 0.25) is 5.02 Å². The lowest BCUT2D eigenvalue weighted by atomic mass is 10.0. The third-order valence-electron chi connectivity index (χ3n) is 6.81. The van der Waals surface area contributed by atoms with Crippen molar-refractivity contribution in [2.24, 2.45) is 22.2 Å². The molecule has 2 heterocycles. The van der Waals surface area contributed by atoms with Crippen LogP contribution in [0.15, 0.2) is 58.4 Å². The molecule has 41 heavy (non-hydrogen) atoms. The van der Waals surface area contributed by atoms with Gasteiger partial charge in [0.05, 0.1) is 23.0 Å². The SMILES string of the molecule is C[C@H](N)CCCc1cc(Cl)c(F)c(-c2cc3cn(-c4ccc(CN[C@@H](CO)CCN=C(N)N)cc4)c(=O)nc3[nH]2)c1. The van der Waals surface area contributed by atoms with Crippen LogP contribution in [0.1, 0.15) is 37.3 Å². The normalized spacial score (nSPS) is 12.9. The summed E-state index contributed by atoms with van der Waals surface area (Å²) in [5.41, 5.74) is 19.7. The lowest BCUT2D eigenvalue weighted by Crippen LogP contribution is -2.33. The number of hydrogen-bond donors (Lipinski definition) is 6. The lowest BCUT2D eigenvalue weighted by molar-refractivity contribution is 0.236. The van der Waals surface area contributed by atoms with Crippen LogP contribution >= 0.6 is 11.6 Å². The maximum Gasteiger partial charge on any atom is 0.354 e. The van der Waals surface area contributed by atoms with Gasteiger partial charge in [-0.15, -0.1) is 0 Å². The third-order valence-corrected chi connectivity index (χ3v) is 7.09.